The van der Waals surface area contributed by atoms with Crippen LogP contribution in [0.15, 0.2) is 6.07 Å². The number of rotatable bonds is 3. The molecular formula is C8H6ClF3N4O3. The average Bonchev–Trinajstić information content (AvgIpc) is 2.23. The molecule has 0 aliphatic carbocycles. The minimum Gasteiger partial charge on any atom is -0.385 e. The molecule has 0 bridgehead atoms. The van der Waals surface area contributed by atoms with E-state index in [0.29, 0.717) is 0 Å². The lowest BCUT2D eigenvalue weighted by Gasteiger charge is -2.07. The van der Waals surface area contributed by atoms with Gasteiger partial charge in [-0.3, -0.25) is 0 Å². The highest BCUT2D eigenvalue weighted by Crippen LogP contribution is 2.16. The zero-order chi connectivity index (χ0) is 14.6. The first-order valence-corrected chi connectivity index (χ1v) is 4.92. The van der Waals surface area contributed by atoms with Gasteiger partial charge in [0.15, 0.2) is 0 Å². The molecule has 1 heterocycles. The van der Waals surface area contributed by atoms with Crippen LogP contribution in [0.4, 0.5) is 24.9 Å². The van der Waals surface area contributed by atoms with Gasteiger partial charge in [0.05, 0.1) is 0 Å². The number of halogens is 4. The first-order valence-electron chi connectivity index (χ1n) is 4.54. The molecule has 19 heavy (non-hydrogen) atoms. The summed E-state index contributed by atoms with van der Waals surface area (Å²) in [4.78, 5) is 28.4. The Kier molecular flexibility index (Phi) is 4.48. The molecule has 1 aromatic rings. The second kappa shape index (κ2) is 5.69. The molecule has 0 aliphatic heterocycles. The first kappa shape index (κ1) is 15.0. The van der Waals surface area contributed by atoms with Crippen molar-refractivity contribution in [1.29, 1.82) is 0 Å². The lowest BCUT2D eigenvalue weighted by molar-refractivity contribution is -0.201. The standard InChI is InChI=1S/C8H6ClF3N4O3/c9-3-1-4(16-7(13)15-3)14-2-5(17)19-6(18)8(10,11)12/h1H,2H2,(H3,13,14,15,16). The van der Waals surface area contributed by atoms with Crippen molar-refractivity contribution in [2.24, 2.45) is 0 Å². The molecular weight excluding hydrogens is 293 g/mol. The van der Waals surface area contributed by atoms with E-state index in [2.05, 4.69) is 20.0 Å². The predicted molar refractivity (Wildman–Crippen MR) is 57.1 cm³/mol. The number of hydrogen-bond acceptors (Lipinski definition) is 7. The van der Waals surface area contributed by atoms with Crippen molar-refractivity contribution in [3.63, 3.8) is 0 Å². The van der Waals surface area contributed by atoms with Gasteiger partial charge in [0.1, 0.15) is 17.5 Å². The molecule has 11 heteroatoms. The third-order valence-corrected chi connectivity index (χ3v) is 1.76. The normalized spacial score (nSPS) is 10.9. The van der Waals surface area contributed by atoms with E-state index >= 15 is 0 Å². The third kappa shape index (κ3) is 4.95. The molecule has 3 N–H and O–H groups in total. The number of nitrogens with zero attached hydrogens (tertiary/aromatic N) is 2. The number of nitrogens with two attached hydrogens (primary N) is 1. The summed E-state index contributed by atoms with van der Waals surface area (Å²) in [6.45, 7) is -0.728. The van der Waals surface area contributed by atoms with Crippen LogP contribution >= 0.6 is 11.6 Å². The van der Waals surface area contributed by atoms with Crippen LogP contribution in [0.1, 0.15) is 0 Å². The number of ether oxygens (including phenoxy) is 1. The number of aromatic nitrogens is 2. The van der Waals surface area contributed by atoms with Crippen LogP contribution < -0.4 is 11.1 Å². The highest BCUT2D eigenvalue weighted by molar-refractivity contribution is 6.29. The summed E-state index contributed by atoms with van der Waals surface area (Å²) in [6, 6.07) is 1.18. The second-order valence-corrected chi connectivity index (χ2v) is 3.43. The van der Waals surface area contributed by atoms with Gasteiger partial charge < -0.3 is 15.8 Å². The van der Waals surface area contributed by atoms with E-state index < -0.39 is 24.7 Å². The maximum Gasteiger partial charge on any atom is 0.491 e. The SMILES string of the molecule is Nc1nc(Cl)cc(NCC(=O)OC(=O)C(F)(F)F)n1. The zero-order valence-electron chi connectivity index (χ0n) is 8.99. The maximum atomic E-state index is 11.8. The summed E-state index contributed by atoms with van der Waals surface area (Å²) in [5.74, 6) is -4.24. The highest BCUT2D eigenvalue weighted by Gasteiger charge is 2.42. The fourth-order valence-electron chi connectivity index (χ4n) is 0.886. The van der Waals surface area contributed by atoms with Crippen molar-refractivity contribution in [1.82, 2.24) is 9.97 Å². The van der Waals surface area contributed by atoms with Gasteiger partial charge in [-0.15, -0.1) is 0 Å². The number of alkyl halides is 3. The highest BCUT2D eigenvalue weighted by atomic mass is 35.5. The van der Waals surface area contributed by atoms with Gasteiger partial charge in [0.25, 0.3) is 0 Å². The van der Waals surface area contributed by atoms with Gasteiger partial charge in [-0.05, 0) is 0 Å². The van der Waals surface area contributed by atoms with E-state index in [9.17, 15) is 22.8 Å². The molecule has 1 rings (SSSR count). The van der Waals surface area contributed by atoms with Crippen molar-refractivity contribution < 1.29 is 27.5 Å². The quantitative estimate of drug-likeness (QED) is 0.482. The van der Waals surface area contributed by atoms with E-state index in [-0.39, 0.29) is 16.9 Å². The fraction of sp³-hybridized carbons (Fsp3) is 0.250. The van der Waals surface area contributed by atoms with Crippen LogP contribution in [0.2, 0.25) is 5.15 Å². The lowest BCUT2D eigenvalue weighted by atomic mass is 10.5. The predicted octanol–water partition coefficient (Wildman–Crippen LogP) is 0.756. The zero-order valence-corrected chi connectivity index (χ0v) is 9.75. The summed E-state index contributed by atoms with van der Waals surface area (Å²) in [6.07, 6.45) is -5.24. The third-order valence-electron chi connectivity index (χ3n) is 1.56. The number of esters is 2. The largest absolute Gasteiger partial charge is 0.491 e. The monoisotopic (exact) mass is 298 g/mol. The fourth-order valence-corrected chi connectivity index (χ4v) is 1.08. The molecule has 0 spiro atoms. The van der Waals surface area contributed by atoms with E-state index in [1.54, 1.807) is 0 Å². The molecule has 0 aliphatic rings. The minimum atomic E-state index is -5.24. The lowest BCUT2D eigenvalue weighted by Crippen LogP contribution is -2.30. The Hall–Kier alpha value is -2.10. The van der Waals surface area contributed by atoms with Gasteiger partial charge in [0, 0.05) is 6.07 Å². The van der Waals surface area contributed by atoms with Crippen LogP contribution in [0.5, 0.6) is 0 Å². The summed E-state index contributed by atoms with van der Waals surface area (Å²) in [5, 5.41) is 2.24. The first-order chi connectivity index (χ1) is 8.68. The van der Waals surface area contributed by atoms with Crippen molar-refractivity contribution in [3.05, 3.63) is 11.2 Å². The topological polar surface area (TPSA) is 107 Å². The molecule has 0 aromatic carbocycles. The van der Waals surface area contributed by atoms with Crippen molar-refractivity contribution in [2.45, 2.75) is 6.18 Å². The Morgan fingerprint density at radius 1 is 1.42 bits per heavy atom. The van der Waals surface area contributed by atoms with E-state index in [4.69, 9.17) is 17.3 Å². The molecule has 0 unspecified atom stereocenters. The van der Waals surface area contributed by atoms with Gasteiger partial charge >= 0.3 is 18.1 Å². The van der Waals surface area contributed by atoms with Crippen LogP contribution in [0.25, 0.3) is 0 Å². The number of nitrogens with one attached hydrogen (secondary N) is 1. The Balaban J connectivity index is 2.53. The summed E-state index contributed by atoms with van der Waals surface area (Å²) in [7, 11) is 0. The van der Waals surface area contributed by atoms with Crippen LogP contribution in [0, 0.1) is 0 Å². The molecule has 0 amide bonds. The summed E-state index contributed by atoms with van der Waals surface area (Å²) < 4.78 is 38.9. The van der Waals surface area contributed by atoms with Crippen molar-refractivity contribution in [2.75, 3.05) is 17.6 Å². The number of carbonyl (C=O) groups excluding carboxylic acids is 2. The smallest absolute Gasteiger partial charge is 0.385 e. The molecule has 0 saturated heterocycles. The molecule has 104 valence electrons. The second-order valence-electron chi connectivity index (χ2n) is 3.05. The number of anilines is 2. The van der Waals surface area contributed by atoms with Crippen LogP contribution in [0.3, 0.4) is 0 Å². The summed E-state index contributed by atoms with van der Waals surface area (Å²) >= 11 is 5.52. The number of carbonyl (C=O) groups is 2. The Morgan fingerprint density at radius 3 is 2.58 bits per heavy atom. The van der Waals surface area contributed by atoms with Crippen LogP contribution in [-0.4, -0.2) is 34.6 Å². The average molecular weight is 299 g/mol. The van der Waals surface area contributed by atoms with Gasteiger partial charge in [-0.25, -0.2) is 14.6 Å². The van der Waals surface area contributed by atoms with Crippen molar-refractivity contribution in [3.8, 4) is 0 Å². The van der Waals surface area contributed by atoms with E-state index in [1.165, 1.54) is 6.07 Å². The van der Waals surface area contributed by atoms with Gasteiger partial charge in [-0.2, -0.15) is 18.2 Å². The van der Waals surface area contributed by atoms with Gasteiger partial charge in [0.2, 0.25) is 5.95 Å². The number of nitrogen functional groups attached to an aromatic ring is 1. The maximum absolute atomic E-state index is 11.8. The Bertz CT molecular complexity index is 488. The molecule has 7 nitrogen and oxygen atoms in total. The van der Waals surface area contributed by atoms with E-state index in [0.717, 1.165) is 0 Å². The summed E-state index contributed by atoms with van der Waals surface area (Å²) in [5.41, 5.74) is 5.24. The Labute approximate surface area is 108 Å². The van der Waals surface area contributed by atoms with Crippen molar-refractivity contribution >= 4 is 35.3 Å². The molecule has 0 atom stereocenters. The molecule has 0 saturated carbocycles. The molecule has 0 radical (unpaired) electrons. The van der Waals surface area contributed by atoms with Crippen LogP contribution in [-0.2, 0) is 14.3 Å². The minimum absolute atomic E-state index is 0.00564. The van der Waals surface area contributed by atoms with E-state index in [1.807, 2.05) is 0 Å². The molecule has 1 aromatic heterocycles. The van der Waals surface area contributed by atoms with Gasteiger partial charge in [-0.1, -0.05) is 11.6 Å². The molecule has 0 fully saturated rings. The Morgan fingerprint density at radius 2 is 2.05 bits per heavy atom. The number of hydrogen-bond donors (Lipinski definition) is 2.